The van der Waals surface area contributed by atoms with Crippen molar-refractivity contribution in [1.82, 2.24) is 0 Å². The molecule has 0 bridgehead atoms. The molecule has 35 heavy (non-hydrogen) atoms. The third-order valence-electron chi connectivity index (χ3n) is 6.82. The van der Waals surface area contributed by atoms with Gasteiger partial charge in [0.1, 0.15) is 48.8 Å². The number of aliphatic hydroxyl groups is 9. The summed E-state index contributed by atoms with van der Waals surface area (Å²) >= 11 is 0. The zero-order valence-electron chi connectivity index (χ0n) is 18.5. The van der Waals surface area contributed by atoms with E-state index in [1.54, 1.807) is 6.08 Å². The smallest absolute Gasteiger partial charge is 0.209 e. The molecule has 1 aliphatic carbocycles. The summed E-state index contributed by atoms with van der Waals surface area (Å²) in [4.78, 5) is 0. The third kappa shape index (κ3) is 5.13. The average molecular weight is 508 g/mol. The second kappa shape index (κ2) is 11.0. The maximum absolute atomic E-state index is 10.4. The lowest BCUT2D eigenvalue weighted by Crippen LogP contribution is -2.62. The summed E-state index contributed by atoms with van der Waals surface area (Å²) in [6.07, 6.45) is -13.1. The van der Waals surface area contributed by atoms with Crippen molar-refractivity contribution in [1.29, 1.82) is 0 Å². The lowest BCUT2D eigenvalue weighted by molar-refractivity contribution is -0.352. The number of hydrogen-bond donors (Lipinski definition) is 9. The maximum Gasteiger partial charge on any atom is 0.209 e. The van der Waals surface area contributed by atoms with Crippen LogP contribution in [0.2, 0.25) is 0 Å². The lowest BCUT2D eigenvalue weighted by Gasteiger charge is -2.44. The molecule has 14 nitrogen and oxygen atoms in total. The van der Waals surface area contributed by atoms with Crippen molar-refractivity contribution in [3.05, 3.63) is 24.0 Å². The van der Waals surface area contributed by atoms with Gasteiger partial charge < -0.3 is 69.6 Å². The van der Waals surface area contributed by atoms with Crippen molar-refractivity contribution in [2.75, 3.05) is 19.8 Å². The molecule has 0 aromatic carbocycles. The molecule has 200 valence electrons. The second-order valence-corrected chi connectivity index (χ2v) is 9.01. The van der Waals surface area contributed by atoms with E-state index in [1.165, 1.54) is 12.3 Å². The summed E-state index contributed by atoms with van der Waals surface area (Å²) in [7, 11) is 0. The number of fused-ring (bicyclic) bond motifs is 1. The number of hydrogen-bond acceptors (Lipinski definition) is 14. The fourth-order valence-electron chi connectivity index (χ4n) is 4.76. The molecule has 0 radical (unpaired) electrons. The Bertz CT molecular complexity index is 775. The van der Waals surface area contributed by atoms with Gasteiger partial charge in [-0.05, 0) is 11.6 Å². The standard InChI is InChI=1S/C21H32O14/c22-4-7-3-9(24)8-1-2-31-19(12(7)8)35-21-18(30)16(28)14(26)11(34-21)6-32-20-17(29)15(27)13(25)10(5-23)33-20/h1-3,8-30H,4-6H2/t8-,9+,10-,11+,12-,13+,14+,15+,16-,17+,18+,19+,20-,21+/m1/s1. The Morgan fingerprint density at radius 1 is 0.743 bits per heavy atom. The minimum absolute atomic E-state index is 0.361. The van der Waals surface area contributed by atoms with E-state index < -0.39 is 98.9 Å². The predicted molar refractivity (Wildman–Crippen MR) is 110 cm³/mol. The quantitative estimate of drug-likeness (QED) is 0.147. The first-order valence-electron chi connectivity index (χ1n) is 11.3. The highest BCUT2D eigenvalue weighted by molar-refractivity contribution is 5.25. The Morgan fingerprint density at radius 2 is 1.37 bits per heavy atom. The van der Waals surface area contributed by atoms with Crippen LogP contribution in [0.4, 0.5) is 0 Å². The van der Waals surface area contributed by atoms with Gasteiger partial charge in [-0.1, -0.05) is 6.08 Å². The van der Waals surface area contributed by atoms with Crippen LogP contribution in [0.5, 0.6) is 0 Å². The lowest BCUT2D eigenvalue weighted by atomic mass is 9.88. The highest BCUT2D eigenvalue weighted by atomic mass is 16.8. The van der Waals surface area contributed by atoms with Crippen LogP contribution in [-0.2, 0) is 23.7 Å². The molecule has 0 spiro atoms. The monoisotopic (exact) mass is 508 g/mol. The molecular weight excluding hydrogens is 476 g/mol. The van der Waals surface area contributed by atoms with E-state index in [0.29, 0.717) is 5.57 Å². The minimum Gasteiger partial charge on any atom is -0.472 e. The zero-order chi connectivity index (χ0) is 25.4. The van der Waals surface area contributed by atoms with Crippen molar-refractivity contribution < 1.29 is 69.6 Å². The van der Waals surface area contributed by atoms with Gasteiger partial charge in [-0.3, -0.25) is 0 Å². The third-order valence-corrected chi connectivity index (χ3v) is 6.82. The Balaban J connectivity index is 1.41. The van der Waals surface area contributed by atoms with Crippen molar-refractivity contribution in [3.63, 3.8) is 0 Å². The molecule has 4 rings (SSSR count). The van der Waals surface area contributed by atoms with Crippen LogP contribution in [-0.4, -0.2) is 140 Å². The first-order valence-corrected chi connectivity index (χ1v) is 11.3. The maximum atomic E-state index is 10.4. The van der Waals surface area contributed by atoms with E-state index in [9.17, 15) is 46.0 Å². The molecule has 9 N–H and O–H groups in total. The first-order chi connectivity index (χ1) is 16.7. The summed E-state index contributed by atoms with van der Waals surface area (Å²) in [5, 5.41) is 90.1. The number of aliphatic hydroxyl groups excluding tert-OH is 9. The predicted octanol–water partition coefficient (Wildman–Crippen LogP) is -4.98. The summed E-state index contributed by atoms with van der Waals surface area (Å²) in [5.74, 6) is -1.04. The van der Waals surface area contributed by atoms with Gasteiger partial charge >= 0.3 is 0 Å². The molecule has 14 atom stereocenters. The van der Waals surface area contributed by atoms with Gasteiger partial charge in [0.25, 0.3) is 0 Å². The molecule has 3 aliphatic heterocycles. The van der Waals surface area contributed by atoms with Crippen molar-refractivity contribution >= 4 is 0 Å². The molecule has 0 saturated carbocycles. The van der Waals surface area contributed by atoms with Crippen LogP contribution < -0.4 is 0 Å². The van der Waals surface area contributed by atoms with Gasteiger partial charge in [-0.15, -0.1) is 0 Å². The highest BCUT2D eigenvalue weighted by Crippen LogP contribution is 2.41. The van der Waals surface area contributed by atoms with Crippen LogP contribution in [0.1, 0.15) is 0 Å². The van der Waals surface area contributed by atoms with E-state index in [2.05, 4.69) is 0 Å². The summed E-state index contributed by atoms with van der Waals surface area (Å²) < 4.78 is 27.5. The average Bonchev–Trinajstić information content (AvgIpc) is 3.19. The van der Waals surface area contributed by atoms with Crippen LogP contribution >= 0.6 is 0 Å². The van der Waals surface area contributed by atoms with Crippen molar-refractivity contribution in [2.45, 2.75) is 73.8 Å². The van der Waals surface area contributed by atoms with Crippen LogP contribution in [0.3, 0.4) is 0 Å². The molecule has 0 aromatic heterocycles. The summed E-state index contributed by atoms with van der Waals surface area (Å²) in [6, 6.07) is 0. The minimum atomic E-state index is -1.73. The highest BCUT2D eigenvalue weighted by Gasteiger charge is 2.50. The van der Waals surface area contributed by atoms with Crippen molar-refractivity contribution in [2.24, 2.45) is 11.8 Å². The molecule has 3 heterocycles. The fraction of sp³-hybridized carbons (Fsp3) is 0.810. The SMILES string of the molecule is OCC1=C[C@H](O)[C@H]2C=CO[C@@H](O[C@@H]3O[C@@H](CO[C@@H]4O[C@H](CO)[C@H](O)[C@H](O)[C@@H]4O)[C@H](O)[C@@H](O)[C@@H]3O)[C@H]12. The Kier molecular flexibility index (Phi) is 8.44. The molecule has 0 amide bonds. The number of rotatable bonds is 7. The largest absolute Gasteiger partial charge is 0.472 e. The fourth-order valence-corrected chi connectivity index (χ4v) is 4.76. The summed E-state index contributed by atoms with van der Waals surface area (Å²) in [5.41, 5.74) is 0.463. The molecule has 2 saturated heterocycles. The van der Waals surface area contributed by atoms with Crippen LogP contribution in [0.15, 0.2) is 24.0 Å². The van der Waals surface area contributed by atoms with Gasteiger partial charge in [-0.25, -0.2) is 0 Å². The molecule has 4 aliphatic rings. The van der Waals surface area contributed by atoms with Gasteiger partial charge in [0.2, 0.25) is 6.29 Å². The zero-order valence-corrected chi connectivity index (χ0v) is 18.5. The Hall–Kier alpha value is -1.24. The van der Waals surface area contributed by atoms with Gasteiger partial charge in [0.05, 0.1) is 38.1 Å². The molecule has 14 heteroatoms. The van der Waals surface area contributed by atoms with E-state index >= 15 is 0 Å². The van der Waals surface area contributed by atoms with Gasteiger partial charge in [0, 0.05) is 5.92 Å². The van der Waals surface area contributed by atoms with Gasteiger partial charge in [0.15, 0.2) is 12.6 Å². The van der Waals surface area contributed by atoms with E-state index in [-0.39, 0.29) is 6.61 Å². The second-order valence-electron chi connectivity index (χ2n) is 9.01. The van der Waals surface area contributed by atoms with Crippen LogP contribution in [0.25, 0.3) is 0 Å². The van der Waals surface area contributed by atoms with E-state index in [1.807, 2.05) is 0 Å². The summed E-state index contributed by atoms with van der Waals surface area (Å²) in [6.45, 7) is -1.53. The molecular formula is C21H32O14. The molecule has 2 fully saturated rings. The number of ether oxygens (including phenoxy) is 5. The Labute approximate surface area is 199 Å². The first kappa shape index (κ1) is 26.8. The normalized spacial score (nSPS) is 49.9. The molecule has 0 unspecified atom stereocenters. The van der Waals surface area contributed by atoms with Crippen LogP contribution in [0, 0.1) is 11.8 Å². The van der Waals surface area contributed by atoms with Crippen molar-refractivity contribution in [3.8, 4) is 0 Å². The van der Waals surface area contributed by atoms with E-state index in [4.69, 9.17) is 23.7 Å². The van der Waals surface area contributed by atoms with Gasteiger partial charge in [-0.2, -0.15) is 0 Å². The Morgan fingerprint density at radius 3 is 2.03 bits per heavy atom. The molecule has 0 aromatic rings. The van der Waals surface area contributed by atoms with E-state index in [0.717, 1.165) is 0 Å². The topological polar surface area (TPSA) is 228 Å².